The molecule has 3 rings (SSSR count). The Balaban J connectivity index is 1.75. The lowest BCUT2D eigenvalue weighted by Gasteiger charge is -2.30. The third kappa shape index (κ3) is 3.21. The molecule has 4 nitrogen and oxygen atoms in total. The van der Waals surface area contributed by atoms with Gasteiger partial charge in [0.05, 0.1) is 11.4 Å². The van der Waals surface area contributed by atoms with E-state index in [9.17, 15) is 9.18 Å². The van der Waals surface area contributed by atoms with Crippen molar-refractivity contribution in [3.63, 3.8) is 0 Å². The van der Waals surface area contributed by atoms with E-state index in [1.807, 2.05) is 0 Å². The molecule has 1 aromatic rings. The molecule has 1 aromatic carbocycles. The van der Waals surface area contributed by atoms with Crippen LogP contribution in [0.25, 0.3) is 0 Å². The smallest absolute Gasteiger partial charge is 0.319 e. The summed E-state index contributed by atoms with van der Waals surface area (Å²) < 4.78 is 13.4. The van der Waals surface area contributed by atoms with E-state index < -0.39 is 0 Å². The average Bonchev–Trinajstić information content (AvgIpc) is 3.23. The van der Waals surface area contributed by atoms with Crippen molar-refractivity contribution >= 4 is 17.4 Å². The molecule has 0 atom stereocenters. The van der Waals surface area contributed by atoms with Gasteiger partial charge in [-0.15, -0.1) is 0 Å². The van der Waals surface area contributed by atoms with Crippen LogP contribution in [-0.2, 0) is 0 Å². The summed E-state index contributed by atoms with van der Waals surface area (Å²) in [6.07, 6.45) is 5.60. The van der Waals surface area contributed by atoms with E-state index in [-0.39, 0.29) is 11.8 Å². The normalized spacial score (nSPS) is 18.8. The maximum Gasteiger partial charge on any atom is 0.319 e. The second kappa shape index (κ2) is 5.69. The topological polar surface area (TPSA) is 44.4 Å². The first-order valence-corrected chi connectivity index (χ1v) is 7.34. The lowest BCUT2D eigenvalue weighted by molar-refractivity contribution is 0.251. The van der Waals surface area contributed by atoms with Gasteiger partial charge in [0.25, 0.3) is 0 Å². The Bertz CT molecular complexity index is 496. The number of hydrogen-bond donors (Lipinski definition) is 2. The largest absolute Gasteiger partial charge is 0.370 e. The summed E-state index contributed by atoms with van der Waals surface area (Å²) in [5.74, 6) is -0.326. The molecule has 0 aromatic heterocycles. The number of carbonyl (C=O) groups excluding carboxylic acids is 1. The number of benzene rings is 1. The van der Waals surface area contributed by atoms with Gasteiger partial charge in [0.2, 0.25) is 0 Å². The SMILES string of the molecule is O=C(Nc1cc(F)ccc1N1CCCCC1)NC1CC1. The van der Waals surface area contributed by atoms with Crippen molar-refractivity contribution < 1.29 is 9.18 Å². The fourth-order valence-corrected chi connectivity index (χ4v) is 2.59. The first kappa shape index (κ1) is 13.2. The minimum Gasteiger partial charge on any atom is -0.370 e. The Hall–Kier alpha value is -1.78. The quantitative estimate of drug-likeness (QED) is 0.891. The molecule has 5 heteroatoms. The molecule has 2 N–H and O–H groups in total. The summed E-state index contributed by atoms with van der Waals surface area (Å²) >= 11 is 0. The number of amides is 2. The minimum atomic E-state index is -0.326. The number of nitrogens with one attached hydrogen (secondary N) is 2. The molecule has 1 aliphatic heterocycles. The van der Waals surface area contributed by atoms with Gasteiger partial charge < -0.3 is 15.5 Å². The van der Waals surface area contributed by atoms with Crippen LogP contribution >= 0.6 is 0 Å². The first-order chi connectivity index (χ1) is 9.72. The molecule has 2 aliphatic rings. The number of piperidine rings is 1. The number of halogens is 1. The average molecular weight is 277 g/mol. The molecule has 1 saturated heterocycles. The van der Waals surface area contributed by atoms with Gasteiger partial charge >= 0.3 is 6.03 Å². The van der Waals surface area contributed by atoms with Crippen LogP contribution in [0.2, 0.25) is 0 Å². The molecule has 0 radical (unpaired) electrons. The summed E-state index contributed by atoms with van der Waals surface area (Å²) in [4.78, 5) is 14.1. The highest BCUT2D eigenvalue weighted by Crippen LogP contribution is 2.29. The lowest BCUT2D eigenvalue weighted by atomic mass is 10.1. The van der Waals surface area contributed by atoms with Crippen molar-refractivity contribution in [3.05, 3.63) is 24.0 Å². The Morgan fingerprint density at radius 1 is 1.20 bits per heavy atom. The van der Waals surface area contributed by atoms with Crippen molar-refractivity contribution in [2.45, 2.75) is 38.1 Å². The molecule has 2 amide bonds. The van der Waals surface area contributed by atoms with Crippen LogP contribution in [0.4, 0.5) is 20.6 Å². The first-order valence-electron chi connectivity index (χ1n) is 7.34. The van der Waals surface area contributed by atoms with Crippen LogP contribution in [0.5, 0.6) is 0 Å². The highest BCUT2D eigenvalue weighted by Gasteiger charge is 2.24. The lowest BCUT2D eigenvalue weighted by Crippen LogP contribution is -2.33. The van der Waals surface area contributed by atoms with E-state index in [1.54, 1.807) is 6.07 Å². The van der Waals surface area contributed by atoms with E-state index in [2.05, 4.69) is 15.5 Å². The van der Waals surface area contributed by atoms with Crippen LogP contribution in [0.15, 0.2) is 18.2 Å². The van der Waals surface area contributed by atoms with Gasteiger partial charge in [0, 0.05) is 19.1 Å². The molecule has 0 unspecified atom stereocenters. The van der Waals surface area contributed by atoms with E-state index in [4.69, 9.17) is 0 Å². The Kier molecular flexibility index (Phi) is 3.76. The van der Waals surface area contributed by atoms with Crippen molar-refractivity contribution in [2.75, 3.05) is 23.3 Å². The van der Waals surface area contributed by atoms with E-state index in [0.29, 0.717) is 11.7 Å². The third-order valence-electron chi connectivity index (χ3n) is 3.82. The zero-order valence-corrected chi connectivity index (χ0v) is 11.5. The fourth-order valence-electron chi connectivity index (χ4n) is 2.59. The van der Waals surface area contributed by atoms with Gasteiger partial charge in [-0.05, 0) is 50.3 Å². The van der Waals surface area contributed by atoms with Gasteiger partial charge in [0.1, 0.15) is 5.82 Å². The van der Waals surface area contributed by atoms with E-state index in [0.717, 1.165) is 44.5 Å². The molecule has 1 aliphatic carbocycles. The maximum atomic E-state index is 13.4. The van der Waals surface area contributed by atoms with Crippen LogP contribution in [-0.4, -0.2) is 25.2 Å². The molecule has 108 valence electrons. The number of anilines is 2. The van der Waals surface area contributed by atoms with Crippen LogP contribution < -0.4 is 15.5 Å². The van der Waals surface area contributed by atoms with Crippen molar-refractivity contribution in [1.82, 2.24) is 5.32 Å². The second-order valence-corrected chi connectivity index (χ2v) is 5.58. The van der Waals surface area contributed by atoms with E-state index in [1.165, 1.54) is 18.6 Å². The van der Waals surface area contributed by atoms with Gasteiger partial charge in [-0.1, -0.05) is 0 Å². The second-order valence-electron chi connectivity index (χ2n) is 5.58. The number of nitrogens with zero attached hydrogens (tertiary/aromatic N) is 1. The summed E-state index contributed by atoms with van der Waals surface area (Å²) in [7, 11) is 0. The van der Waals surface area contributed by atoms with Gasteiger partial charge in [-0.25, -0.2) is 9.18 Å². The van der Waals surface area contributed by atoms with Crippen molar-refractivity contribution in [3.8, 4) is 0 Å². The van der Waals surface area contributed by atoms with Gasteiger partial charge in [-0.2, -0.15) is 0 Å². The zero-order valence-electron chi connectivity index (χ0n) is 11.5. The van der Waals surface area contributed by atoms with Crippen molar-refractivity contribution in [1.29, 1.82) is 0 Å². The molecule has 2 fully saturated rings. The molecule has 1 saturated carbocycles. The van der Waals surface area contributed by atoms with Gasteiger partial charge in [-0.3, -0.25) is 0 Å². The number of urea groups is 1. The molecular formula is C15H20FN3O. The third-order valence-corrected chi connectivity index (χ3v) is 3.82. The molecule has 20 heavy (non-hydrogen) atoms. The molecular weight excluding hydrogens is 257 g/mol. The summed E-state index contributed by atoms with van der Waals surface area (Å²) in [5, 5.41) is 5.65. The predicted molar refractivity (Wildman–Crippen MR) is 77.6 cm³/mol. The standard InChI is InChI=1S/C15H20FN3O/c16-11-4-7-14(19-8-2-1-3-9-19)13(10-11)18-15(20)17-12-5-6-12/h4,7,10,12H,1-3,5-6,8-9H2,(H2,17,18,20). The summed E-state index contributed by atoms with van der Waals surface area (Å²) in [6.45, 7) is 1.93. The summed E-state index contributed by atoms with van der Waals surface area (Å²) in [5.41, 5.74) is 1.47. The Labute approximate surface area is 118 Å². The highest BCUT2D eigenvalue weighted by atomic mass is 19.1. The van der Waals surface area contributed by atoms with Crippen molar-refractivity contribution in [2.24, 2.45) is 0 Å². The zero-order chi connectivity index (χ0) is 13.9. The molecule has 0 spiro atoms. The van der Waals surface area contributed by atoms with Crippen LogP contribution in [0.1, 0.15) is 32.1 Å². The molecule has 0 bridgehead atoms. The molecule has 1 heterocycles. The number of rotatable bonds is 3. The Morgan fingerprint density at radius 2 is 1.95 bits per heavy atom. The highest BCUT2D eigenvalue weighted by molar-refractivity contribution is 5.93. The van der Waals surface area contributed by atoms with Crippen LogP contribution in [0.3, 0.4) is 0 Å². The Morgan fingerprint density at radius 3 is 2.65 bits per heavy atom. The van der Waals surface area contributed by atoms with E-state index >= 15 is 0 Å². The monoisotopic (exact) mass is 277 g/mol. The van der Waals surface area contributed by atoms with Crippen LogP contribution in [0, 0.1) is 5.82 Å². The number of hydrogen-bond acceptors (Lipinski definition) is 2. The van der Waals surface area contributed by atoms with Gasteiger partial charge in [0.15, 0.2) is 0 Å². The number of carbonyl (C=O) groups is 1. The minimum absolute atomic E-state index is 0.239. The fraction of sp³-hybridized carbons (Fsp3) is 0.533. The predicted octanol–water partition coefficient (Wildman–Crippen LogP) is 3.10. The maximum absolute atomic E-state index is 13.4. The summed E-state index contributed by atoms with van der Waals surface area (Å²) in [6, 6.07) is 4.66.